The van der Waals surface area contributed by atoms with E-state index in [0.29, 0.717) is 0 Å². The maximum atomic E-state index is 11.8. The molecule has 0 heterocycles. The first-order valence-electron chi connectivity index (χ1n) is 2.67. The van der Waals surface area contributed by atoms with Gasteiger partial charge < -0.3 is 4.74 Å². The van der Waals surface area contributed by atoms with Gasteiger partial charge in [-0.3, -0.25) is 0 Å². The third kappa shape index (κ3) is 2.20. The van der Waals surface area contributed by atoms with E-state index < -0.39 is 17.4 Å². The molecule has 78 valence electrons. The van der Waals surface area contributed by atoms with E-state index in [1.54, 1.807) is 0 Å². The molecule has 1 nitrogen and oxygen atoms in total. The summed E-state index contributed by atoms with van der Waals surface area (Å²) in [5, 5.41) is -4.72. The molecule has 0 fully saturated rings. The second-order valence-electron chi connectivity index (χ2n) is 1.88. The molecular formula is C5H3ClF6O. The van der Waals surface area contributed by atoms with E-state index in [4.69, 9.17) is 0 Å². The normalized spacial score (nSPS) is 14.1. The van der Waals surface area contributed by atoms with Crippen LogP contribution in [-0.4, -0.2) is 17.4 Å². The van der Waals surface area contributed by atoms with Crippen LogP contribution in [0.4, 0.5) is 26.3 Å². The monoisotopic (exact) mass is 228 g/mol. The quantitative estimate of drug-likeness (QED) is 0.401. The Morgan fingerprint density at radius 1 is 1.00 bits per heavy atom. The highest BCUT2D eigenvalue weighted by Gasteiger charge is 2.73. The highest BCUT2D eigenvalue weighted by atomic mass is 35.5. The van der Waals surface area contributed by atoms with E-state index in [1.165, 1.54) is 0 Å². The summed E-state index contributed by atoms with van der Waals surface area (Å²) in [4.78, 5) is 0. The number of ether oxygens (including phenoxy) is 1. The van der Waals surface area contributed by atoms with Crippen LogP contribution >= 0.6 is 11.6 Å². The molecule has 0 saturated carbocycles. The Balaban J connectivity index is 5.07. The maximum Gasteiger partial charge on any atom is 0.453 e. The number of hydrogen-bond donors (Lipinski definition) is 0. The summed E-state index contributed by atoms with van der Waals surface area (Å²) in [5.74, 6) is 0. The van der Waals surface area contributed by atoms with Crippen molar-refractivity contribution in [3.63, 3.8) is 0 Å². The van der Waals surface area contributed by atoms with E-state index in [0.717, 1.165) is 0 Å². The van der Waals surface area contributed by atoms with Gasteiger partial charge in [0.25, 0.3) is 0 Å². The van der Waals surface area contributed by atoms with Gasteiger partial charge in [-0.1, -0.05) is 18.2 Å². The predicted octanol–water partition coefficient (Wildman–Crippen LogP) is 3.21. The molecule has 0 rings (SSSR count). The first-order valence-corrected chi connectivity index (χ1v) is 3.05. The van der Waals surface area contributed by atoms with Crippen LogP contribution in [0, 0.1) is 0 Å². The molecule has 0 amide bonds. The van der Waals surface area contributed by atoms with Gasteiger partial charge in [0.1, 0.15) is 0 Å². The van der Waals surface area contributed by atoms with E-state index >= 15 is 0 Å². The van der Waals surface area contributed by atoms with Crippen LogP contribution in [0.25, 0.3) is 0 Å². The molecule has 0 saturated heterocycles. The van der Waals surface area contributed by atoms with Crippen molar-refractivity contribution in [1.82, 2.24) is 0 Å². The van der Waals surface area contributed by atoms with Crippen LogP contribution in [-0.2, 0) is 4.74 Å². The zero-order chi connectivity index (χ0) is 10.9. The minimum Gasteiger partial charge on any atom is -0.464 e. The lowest BCUT2D eigenvalue weighted by atomic mass is 10.3. The molecule has 0 aromatic carbocycles. The topological polar surface area (TPSA) is 9.23 Å². The van der Waals surface area contributed by atoms with E-state index in [2.05, 4.69) is 22.9 Å². The van der Waals surface area contributed by atoms with E-state index in [-0.39, 0.29) is 6.26 Å². The Morgan fingerprint density at radius 3 is 1.38 bits per heavy atom. The number of alkyl halides is 7. The lowest BCUT2D eigenvalue weighted by Gasteiger charge is -2.29. The fourth-order valence-electron chi connectivity index (χ4n) is 0.409. The highest BCUT2D eigenvalue weighted by molar-refractivity contribution is 6.24. The Bertz CT molecular complexity index is 180. The minimum atomic E-state index is -5.76. The van der Waals surface area contributed by atoms with Crippen molar-refractivity contribution >= 4 is 11.6 Å². The van der Waals surface area contributed by atoms with Crippen LogP contribution in [0.15, 0.2) is 12.8 Å². The smallest absolute Gasteiger partial charge is 0.453 e. The van der Waals surface area contributed by atoms with Crippen molar-refractivity contribution in [1.29, 1.82) is 0 Å². The molecule has 0 N–H and O–H groups in total. The molecule has 0 radical (unpaired) electrons. The van der Waals surface area contributed by atoms with Gasteiger partial charge in [-0.15, -0.1) is 0 Å². The van der Waals surface area contributed by atoms with Crippen molar-refractivity contribution in [3.05, 3.63) is 12.8 Å². The van der Waals surface area contributed by atoms with Crippen molar-refractivity contribution in [2.45, 2.75) is 17.4 Å². The summed E-state index contributed by atoms with van der Waals surface area (Å²) >= 11 is 4.25. The fourth-order valence-corrected chi connectivity index (χ4v) is 0.472. The fraction of sp³-hybridized carbons (Fsp3) is 0.600. The van der Waals surface area contributed by atoms with Gasteiger partial charge in [0.15, 0.2) is 0 Å². The zero-order valence-electron chi connectivity index (χ0n) is 5.84. The van der Waals surface area contributed by atoms with Gasteiger partial charge in [0.2, 0.25) is 0 Å². The molecule has 0 aliphatic rings. The van der Waals surface area contributed by atoms with Gasteiger partial charge in [-0.05, 0) is 0 Å². The second-order valence-corrected chi connectivity index (χ2v) is 2.41. The molecule has 0 atom stereocenters. The van der Waals surface area contributed by atoms with Crippen LogP contribution in [0.1, 0.15) is 0 Å². The Hall–Kier alpha value is -0.590. The summed E-state index contributed by atoms with van der Waals surface area (Å²) in [6, 6.07) is 0. The first-order chi connectivity index (χ1) is 5.56. The average Bonchev–Trinajstić information content (AvgIpc) is 1.82. The summed E-state index contributed by atoms with van der Waals surface area (Å²) < 4.78 is 73.8. The van der Waals surface area contributed by atoms with Crippen LogP contribution in [0.3, 0.4) is 0 Å². The maximum absolute atomic E-state index is 11.8. The molecule has 0 aromatic heterocycles. The molecule has 0 aliphatic carbocycles. The number of hydrogen-bond acceptors (Lipinski definition) is 1. The molecule has 0 aromatic rings. The zero-order valence-corrected chi connectivity index (χ0v) is 6.59. The SMILES string of the molecule is C=COC(Cl)(C(F)(F)F)C(F)(F)F. The Morgan fingerprint density at radius 2 is 1.31 bits per heavy atom. The van der Waals surface area contributed by atoms with E-state index in [9.17, 15) is 26.3 Å². The summed E-state index contributed by atoms with van der Waals surface area (Å²) in [7, 11) is 0. The molecule has 0 bridgehead atoms. The third-order valence-electron chi connectivity index (χ3n) is 0.975. The Labute approximate surface area is 73.9 Å². The van der Waals surface area contributed by atoms with E-state index in [1.807, 2.05) is 0 Å². The van der Waals surface area contributed by atoms with Crippen LogP contribution < -0.4 is 0 Å². The van der Waals surface area contributed by atoms with Crippen LogP contribution in [0.2, 0.25) is 0 Å². The van der Waals surface area contributed by atoms with Gasteiger partial charge in [0.05, 0.1) is 6.26 Å². The molecule has 0 aliphatic heterocycles. The molecule has 8 heteroatoms. The van der Waals surface area contributed by atoms with Gasteiger partial charge in [-0.25, -0.2) is 0 Å². The van der Waals surface area contributed by atoms with Crippen molar-refractivity contribution in [3.8, 4) is 0 Å². The average molecular weight is 229 g/mol. The van der Waals surface area contributed by atoms with Gasteiger partial charge >= 0.3 is 17.4 Å². The molecule has 0 unspecified atom stereocenters. The molecule has 13 heavy (non-hydrogen) atoms. The van der Waals surface area contributed by atoms with Crippen molar-refractivity contribution in [2.24, 2.45) is 0 Å². The number of rotatable bonds is 2. The molecular weight excluding hydrogens is 225 g/mol. The van der Waals surface area contributed by atoms with Crippen LogP contribution in [0.5, 0.6) is 0 Å². The van der Waals surface area contributed by atoms with Crippen molar-refractivity contribution < 1.29 is 31.1 Å². The third-order valence-corrected chi connectivity index (χ3v) is 1.49. The number of halogens is 7. The minimum absolute atomic E-state index is 0.0199. The highest BCUT2D eigenvalue weighted by Crippen LogP contribution is 2.48. The lowest BCUT2D eigenvalue weighted by Crippen LogP contribution is -2.53. The second kappa shape index (κ2) is 3.28. The first kappa shape index (κ1) is 12.4. The summed E-state index contributed by atoms with van der Waals surface area (Å²) in [6.45, 7) is 2.57. The van der Waals surface area contributed by atoms with Crippen molar-refractivity contribution in [2.75, 3.05) is 0 Å². The van der Waals surface area contributed by atoms with Gasteiger partial charge in [0, 0.05) is 0 Å². The Kier molecular flexibility index (Phi) is 3.13. The summed E-state index contributed by atoms with van der Waals surface area (Å²) in [5.41, 5.74) is 0. The standard InChI is InChI=1S/C5H3ClF6O/c1-2-13-3(6,4(7,8)9)5(10,11)12/h2H,1H2. The largest absolute Gasteiger partial charge is 0.464 e. The lowest BCUT2D eigenvalue weighted by molar-refractivity contribution is -0.332. The summed E-state index contributed by atoms with van der Waals surface area (Å²) in [6.07, 6.45) is -11.5. The molecule has 0 spiro atoms. The predicted molar refractivity (Wildman–Crippen MR) is 32.0 cm³/mol. The van der Waals surface area contributed by atoms with Gasteiger partial charge in [-0.2, -0.15) is 26.3 Å².